The fourth-order valence-corrected chi connectivity index (χ4v) is 2.66. The Morgan fingerprint density at radius 1 is 1.50 bits per heavy atom. The van der Waals surface area contributed by atoms with E-state index in [4.69, 9.17) is 4.74 Å². The lowest BCUT2D eigenvalue weighted by atomic mass is 10.1. The molecule has 0 bridgehead atoms. The third-order valence-corrected chi connectivity index (χ3v) is 3.52. The van der Waals surface area contributed by atoms with Crippen LogP contribution >= 0.6 is 0 Å². The van der Waals surface area contributed by atoms with Gasteiger partial charge in [0.2, 0.25) is 0 Å². The molecule has 0 aromatic carbocycles. The summed E-state index contributed by atoms with van der Waals surface area (Å²) in [6, 6.07) is 0. The van der Waals surface area contributed by atoms with E-state index >= 15 is 0 Å². The highest BCUT2D eigenvalue weighted by atomic mass is 16.7. The molecule has 7 heteroatoms. The maximum atomic E-state index is 10.6. The Kier molecular flexibility index (Phi) is 4.00. The van der Waals surface area contributed by atoms with Gasteiger partial charge in [-0.2, -0.15) is 0 Å². The number of likely N-dealkylation sites (N-methyl/N-ethyl adjacent to an activating group) is 1. The molecule has 0 spiro atoms. The molecule has 0 aromatic heterocycles. The first-order valence-electron chi connectivity index (χ1n) is 6.44. The summed E-state index contributed by atoms with van der Waals surface area (Å²) >= 11 is 0. The second kappa shape index (κ2) is 5.51. The van der Waals surface area contributed by atoms with Crippen molar-refractivity contribution in [2.24, 2.45) is 11.0 Å². The number of nitro groups is 1. The third kappa shape index (κ3) is 2.90. The molecular formula is C11H20N4O3. The van der Waals surface area contributed by atoms with E-state index in [0.717, 1.165) is 39.2 Å². The van der Waals surface area contributed by atoms with E-state index in [-0.39, 0.29) is 0 Å². The molecule has 0 aliphatic carbocycles. The number of guanidine groups is 1. The van der Waals surface area contributed by atoms with Crippen LogP contribution in [-0.4, -0.2) is 59.7 Å². The van der Waals surface area contributed by atoms with Crippen molar-refractivity contribution in [3.05, 3.63) is 10.1 Å². The molecule has 2 rings (SSSR count). The number of nitrogens with zero attached hydrogens (tertiary/aromatic N) is 4. The predicted molar refractivity (Wildman–Crippen MR) is 66.8 cm³/mol. The summed E-state index contributed by atoms with van der Waals surface area (Å²) in [6.45, 7) is 7.97. The van der Waals surface area contributed by atoms with Crippen molar-refractivity contribution in [1.29, 1.82) is 0 Å². The highest BCUT2D eigenvalue weighted by molar-refractivity contribution is 5.81. The number of ether oxygens (including phenoxy) is 1. The first-order valence-corrected chi connectivity index (χ1v) is 6.44. The van der Waals surface area contributed by atoms with Crippen molar-refractivity contribution in [2.45, 2.75) is 26.4 Å². The smallest absolute Gasteiger partial charge is 0.274 e. The number of rotatable bonds is 4. The van der Waals surface area contributed by atoms with Crippen LogP contribution in [-0.2, 0) is 4.74 Å². The molecule has 2 aliphatic rings. The van der Waals surface area contributed by atoms with Crippen LogP contribution in [0.15, 0.2) is 5.10 Å². The van der Waals surface area contributed by atoms with Gasteiger partial charge < -0.3 is 14.5 Å². The van der Waals surface area contributed by atoms with Crippen molar-refractivity contribution >= 4 is 5.96 Å². The minimum absolute atomic E-state index is 0.302. The van der Waals surface area contributed by atoms with Crippen LogP contribution in [0.3, 0.4) is 0 Å². The second-order valence-corrected chi connectivity index (χ2v) is 4.91. The van der Waals surface area contributed by atoms with Crippen LogP contribution in [0.4, 0.5) is 0 Å². The standard InChI is InChI=1S/C11H20N4O3/c1-3-13-4-5-14(11(13)12-15(16)17)7-10-6-9(2)18-8-10/h9-10H,3-8H2,1-2H3. The Bertz CT molecular complexity index is 347. The van der Waals surface area contributed by atoms with Crippen molar-refractivity contribution in [2.75, 3.05) is 32.8 Å². The van der Waals surface area contributed by atoms with Crippen LogP contribution in [0.1, 0.15) is 20.3 Å². The van der Waals surface area contributed by atoms with Crippen LogP contribution in [0.2, 0.25) is 0 Å². The van der Waals surface area contributed by atoms with E-state index in [0.29, 0.717) is 18.0 Å². The maximum Gasteiger partial charge on any atom is 0.274 e. The molecule has 2 saturated heterocycles. The lowest BCUT2D eigenvalue weighted by molar-refractivity contribution is -0.486. The first kappa shape index (κ1) is 13.1. The lowest BCUT2D eigenvalue weighted by Gasteiger charge is -2.21. The Morgan fingerprint density at radius 2 is 2.22 bits per heavy atom. The molecule has 18 heavy (non-hydrogen) atoms. The van der Waals surface area contributed by atoms with Gasteiger partial charge in [-0.3, -0.25) is 0 Å². The number of hydrazone groups is 1. The molecule has 2 unspecified atom stereocenters. The van der Waals surface area contributed by atoms with Gasteiger partial charge in [-0.1, -0.05) is 0 Å². The van der Waals surface area contributed by atoms with Crippen molar-refractivity contribution in [1.82, 2.24) is 9.80 Å². The van der Waals surface area contributed by atoms with Gasteiger partial charge in [-0.25, -0.2) is 10.1 Å². The molecular weight excluding hydrogens is 236 g/mol. The normalized spacial score (nSPS) is 30.4. The zero-order valence-electron chi connectivity index (χ0n) is 10.9. The minimum atomic E-state index is -0.607. The highest BCUT2D eigenvalue weighted by Crippen LogP contribution is 2.22. The van der Waals surface area contributed by atoms with Gasteiger partial charge in [0.25, 0.3) is 5.96 Å². The van der Waals surface area contributed by atoms with E-state index in [2.05, 4.69) is 12.0 Å². The molecule has 2 atom stereocenters. The third-order valence-electron chi connectivity index (χ3n) is 3.52. The summed E-state index contributed by atoms with van der Waals surface area (Å²) in [4.78, 5) is 14.6. The molecule has 0 amide bonds. The fourth-order valence-electron chi connectivity index (χ4n) is 2.66. The summed E-state index contributed by atoms with van der Waals surface area (Å²) in [5.74, 6) is 0.954. The van der Waals surface area contributed by atoms with E-state index in [1.165, 1.54) is 0 Å². The average Bonchev–Trinajstić information content (AvgIpc) is 2.87. The van der Waals surface area contributed by atoms with Gasteiger partial charge in [-0.05, 0) is 20.3 Å². The Balaban J connectivity index is 2.00. The molecule has 7 nitrogen and oxygen atoms in total. The summed E-state index contributed by atoms with van der Waals surface area (Å²) in [7, 11) is 0. The highest BCUT2D eigenvalue weighted by Gasteiger charge is 2.32. The Morgan fingerprint density at radius 3 is 2.78 bits per heavy atom. The number of hydrogen-bond acceptors (Lipinski definition) is 3. The van der Waals surface area contributed by atoms with Gasteiger partial charge in [0.1, 0.15) is 5.10 Å². The monoisotopic (exact) mass is 256 g/mol. The van der Waals surface area contributed by atoms with Crippen molar-refractivity contribution in [3.8, 4) is 0 Å². The quantitative estimate of drug-likeness (QED) is 0.544. The van der Waals surface area contributed by atoms with E-state index in [1.807, 2.05) is 16.7 Å². The molecule has 0 N–H and O–H groups in total. The molecule has 102 valence electrons. The van der Waals surface area contributed by atoms with Gasteiger partial charge in [-0.15, -0.1) is 0 Å². The van der Waals surface area contributed by atoms with Gasteiger partial charge in [0.05, 0.1) is 12.7 Å². The lowest BCUT2D eigenvalue weighted by Crippen LogP contribution is -2.37. The topological polar surface area (TPSA) is 71.2 Å². The van der Waals surface area contributed by atoms with Crippen molar-refractivity contribution in [3.63, 3.8) is 0 Å². The summed E-state index contributed by atoms with van der Waals surface area (Å²) < 4.78 is 5.53. The second-order valence-electron chi connectivity index (χ2n) is 4.91. The molecule has 0 radical (unpaired) electrons. The largest absolute Gasteiger partial charge is 0.378 e. The fraction of sp³-hybridized carbons (Fsp3) is 0.909. The zero-order chi connectivity index (χ0) is 13.1. The van der Waals surface area contributed by atoms with Gasteiger partial charge in [0, 0.05) is 32.1 Å². The number of hydrogen-bond donors (Lipinski definition) is 0. The molecule has 0 aromatic rings. The molecule has 2 aliphatic heterocycles. The Hall–Kier alpha value is -1.37. The zero-order valence-corrected chi connectivity index (χ0v) is 10.9. The minimum Gasteiger partial charge on any atom is -0.378 e. The van der Waals surface area contributed by atoms with E-state index < -0.39 is 5.03 Å². The van der Waals surface area contributed by atoms with Crippen LogP contribution in [0, 0.1) is 16.0 Å². The first-order chi connectivity index (χ1) is 8.60. The van der Waals surface area contributed by atoms with Crippen LogP contribution < -0.4 is 0 Å². The molecule has 2 heterocycles. The SMILES string of the molecule is CCN1CCN(CC2COC(C)C2)C1=N[N+](=O)[O-]. The predicted octanol–water partition coefficient (Wildman–Crippen LogP) is 0.597. The van der Waals surface area contributed by atoms with E-state index in [1.54, 1.807) is 0 Å². The van der Waals surface area contributed by atoms with Gasteiger partial charge in [0.15, 0.2) is 5.03 Å². The van der Waals surface area contributed by atoms with Crippen LogP contribution in [0.5, 0.6) is 0 Å². The molecule has 2 fully saturated rings. The van der Waals surface area contributed by atoms with E-state index in [9.17, 15) is 10.1 Å². The maximum absolute atomic E-state index is 10.6. The summed E-state index contributed by atoms with van der Waals surface area (Å²) in [6.07, 6.45) is 1.32. The summed E-state index contributed by atoms with van der Waals surface area (Å²) in [5.41, 5.74) is 0. The van der Waals surface area contributed by atoms with Crippen LogP contribution in [0.25, 0.3) is 0 Å². The summed E-state index contributed by atoms with van der Waals surface area (Å²) in [5, 5.41) is 13.5. The average molecular weight is 256 g/mol. The van der Waals surface area contributed by atoms with Gasteiger partial charge >= 0.3 is 0 Å². The van der Waals surface area contributed by atoms with Crippen molar-refractivity contribution < 1.29 is 9.77 Å². The Labute approximate surface area is 107 Å². The molecule has 0 saturated carbocycles.